The molecule has 1 saturated heterocycles. The number of aliphatic hydroxyl groups is 4. The maximum atomic E-state index is 12.7. The van der Waals surface area contributed by atoms with Gasteiger partial charge in [-0.15, -0.1) is 0 Å². The molecular weight excluding hydrogens is 684 g/mol. The molecule has 54 heavy (non-hydrogen) atoms. The molecule has 1 fully saturated rings. The van der Waals surface area contributed by atoms with Gasteiger partial charge in [0.25, 0.3) is 0 Å². The fourth-order valence-corrected chi connectivity index (χ4v) is 5.80. The molecule has 6 atom stereocenters. The van der Waals surface area contributed by atoms with Gasteiger partial charge >= 0.3 is 5.97 Å². The summed E-state index contributed by atoms with van der Waals surface area (Å²) >= 11 is 0. The van der Waals surface area contributed by atoms with Gasteiger partial charge in [-0.05, 0) is 83.5 Å². The molecule has 0 spiro atoms. The second-order valence-electron chi connectivity index (χ2n) is 14.0. The molecule has 9 nitrogen and oxygen atoms in total. The zero-order valence-corrected chi connectivity index (χ0v) is 33.7. The van der Waals surface area contributed by atoms with Crippen LogP contribution in [0.2, 0.25) is 0 Å². The van der Waals surface area contributed by atoms with Crippen molar-refractivity contribution in [2.45, 2.75) is 179 Å². The van der Waals surface area contributed by atoms with E-state index in [-0.39, 0.29) is 19.2 Å². The lowest BCUT2D eigenvalue weighted by Gasteiger charge is -2.39. The van der Waals surface area contributed by atoms with Crippen LogP contribution in [-0.4, -0.2) is 89.6 Å². The maximum Gasteiger partial charge on any atom is 0.306 e. The molecule has 1 heterocycles. The number of aliphatic hydroxyl groups excluding tert-OH is 4. The first kappa shape index (κ1) is 49.6. The van der Waals surface area contributed by atoms with E-state index in [0.717, 1.165) is 96.3 Å². The molecule has 0 aromatic carbocycles. The second-order valence-corrected chi connectivity index (χ2v) is 14.0. The molecule has 0 aromatic heterocycles. The van der Waals surface area contributed by atoms with Gasteiger partial charge in [-0.1, -0.05) is 125 Å². The van der Waals surface area contributed by atoms with E-state index < -0.39 is 43.4 Å². The Balaban J connectivity index is 2.35. The Morgan fingerprint density at radius 1 is 0.611 bits per heavy atom. The van der Waals surface area contributed by atoms with Crippen LogP contribution >= 0.6 is 0 Å². The first-order valence-corrected chi connectivity index (χ1v) is 21.0. The first-order valence-electron chi connectivity index (χ1n) is 21.0. The van der Waals surface area contributed by atoms with Crippen LogP contribution in [0.15, 0.2) is 72.9 Å². The van der Waals surface area contributed by atoms with Gasteiger partial charge in [0.1, 0.15) is 30.5 Å². The Bertz CT molecular complexity index is 1050. The SMILES string of the molecule is CC/C=C\C/C=C\C/C=C\C/C=C\CCCCCOCC(COC1OC(CO)C(O)C(O)C1O)OC(=O)CCCCCCC/C=C\C/C=C\CCCCC. The fourth-order valence-electron chi connectivity index (χ4n) is 5.80. The van der Waals surface area contributed by atoms with Crippen molar-refractivity contribution in [1.82, 2.24) is 0 Å². The normalized spacial score (nSPS) is 21.6. The van der Waals surface area contributed by atoms with Gasteiger partial charge < -0.3 is 39.4 Å². The molecule has 1 aliphatic rings. The van der Waals surface area contributed by atoms with E-state index >= 15 is 0 Å². The van der Waals surface area contributed by atoms with Crippen molar-refractivity contribution in [3.05, 3.63) is 72.9 Å². The lowest BCUT2D eigenvalue weighted by Crippen LogP contribution is -2.59. The predicted octanol–water partition coefficient (Wildman–Crippen LogP) is 8.91. The van der Waals surface area contributed by atoms with Crippen molar-refractivity contribution in [3.63, 3.8) is 0 Å². The van der Waals surface area contributed by atoms with Crippen molar-refractivity contribution in [3.8, 4) is 0 Å². The summed E-state index contributed by atoms with van der Waals surface area (Å²) in [6.45, 7) is 4.30. The highest BCUT2D eigenvalue weighted by molar-refractivity contribution is 5.69. The number of ether oxygens (including phenoxy) is 4. The summed E-state index contributed by atoms with van der Waals surface area (Å²) in [7, 11) is 0. The van der Waals surface area contributed by atoms with Crippen LogP contribution in [0.5, 0.6) is 0 Å². The monoisotopic (exact) mass is 761 g/mol. The first-order chi connectivity index (χ1) is 26.4. The summed E-state index contributed by atoms with van der Waals surface area (Å²) in [4.78, 5) is 12.7. The van der Waals surface area contributed by atoms with Gasteiger partial charge in [0, 0.05) is 13.0 Å². The van der Waals surface area contributed by atoms with Crippen LogP contribution in [0.1, 0.15) is 142 Å². The molecular formula is C45H76O9. The number of carbonyl (C=O) groups is 1. The molecule has 0 radical (unpaired) electrons. The number of hydrogen-bond acceptors (Lipinski definition) is 9. The number of unbranched alkanes of at least 4 members (excludes halogenated alkanes) is 11. The van der Waals surface area contributed by atoms with Crippen molar-refractivity contribution in [1.29, 1.82) is 0 Å². The minimum atomic E-state index is -1.55. The quantitative estimate of drug-likeness (QED) is 0.0288. The zero-order valence-electron chi connectivity index (χ0n) is 33.7. The standard InChI is InChI=1S/C45H76O9/c1-3-5-7-9-11-13-15-17-19-21-23-25-27-29-31-33-35-51-37-39(38-52-45-44(50)43(49)42(48)40(36-46)54-45)53-41(47)34-32-30-28-26-24-22-20-18-16-14-12-10-8-6-4-2/h5,7,11-14,17-20,23,25,39-40,42-46,48-50H,3-4,6,8-10,15-16,21-22,24,26-38H2,1-2H3/b7-5-,13-11-,14-12-,19-17-,20-18-,25-23-. The average molecular weight is 761 g/mol. The van der Waals surface area contributed by atoms with Crippen LogP contribution in [-0.2, 0) is 23.7 Å². The third-order valence-corrected chi connectivity index (χ3v) is 9.11. The van der Waals surface area contributed by atoms with E-state index in [9.17, 15) is 25.2 Å². The van der Waals surface area contributed by atoms with Crippen molar-refractivity contribution in [2.75, 3.05) is 26.4 Å². The smallest absolute Gasteiger partial charge is 0.306 e. The van der Waals surface area contributed by atoms with Crippen molar-refractivity contribution >= 4 is 5.97 Å². The van der Waals surface area contributed by atoms with Gasteiger partial charge in [0.2, 0.25) is 0 Å². The van der Waals surface area contributed by atoms with Gasteiger partial charge in [-0.3, -0.25) is 4.79 Å². The molecule has 0 amide bonds. The van der Waals surface area contributed by atoms with Gasteiger partial charge in [0.05, 0.1) is 19.8 Å². The predicted molar refractivity (Wildman–Crippen MR) is 219 cm³/mol. The molecule has 0 saturated carbocycles. The number of carbonyl (C=O) groups excluding carboxylic acids is 1. The lowest BCUT2D eigenvalue weighted by atomic mass is 9.99. The number of rotatable bonds is 34. The maximum absolute atomic E-state index is 12.7. The highest BCUT2D eigenvalue weighted by atomic mass is 16.7. The van der Waals surface area contributed by atoms with Crippen LogP contribution in [0.4, 0.5) is 0 Å². The van der Waals surface area contributed by atoms with E-state index in [1.165, 1.54) is 25.7 Å². The lowest BCUT2D eigenvalue weighted by molar-refractivity contribution is -0.305. The fraction of sp³-hybridized carbons (Fsp3) is 0.711. The Morgan fingerprint density at radius 3 is 1.70 bits per heavy atom. The summed E-state index contributed by atoms with van der Waals surface area (Å²) in [5.41, 5.74) is 0. The van der Waals surface area contributed by atoms with Gasteiger partial charge in [0.15, 0.2) is 6.29 Å². The molecule has 1 aliphatic heterocycles. The highest BCUT2D eigenvalue weighted by Crippen LogP contribution is 2.22. The highest BCUT2D eigenvalue weighted by Gasteiger charge is 2.44. The molecule has 0 bridgehead atoms. The molecule has 0 aliphatic carbocycles. The topological polar surface area (TPSA) is 135 Å². The Labute approximate surface area is 327 Å². The summed E-state index contributed by atoms with van der Waals surface area (Å²) in [6.07, 6.45) is 39.2. The molecule has 0 aromatic rings. The van der Waals surface area contributed by atoms with Crippen LogP contribution in [0.3, 0.4) is 0 Å². The zero-order chi connectivity index (χ0) is 39.3. The summed E-state index contributed by atoms with van der Waals surface area (Å²) < 4.78 is 22.7. The molecule has 6 unspecified atom stereocenters. The minimum absolute atomic E-state index is 0.113. The Hall–Kier alpha value is -2.37. The van der Waals surface area contributed by atoms with Gasteiger partial charge in [-0.25, -0.2) is 0 Å². The third kappa shape index (κ3) is 27.2. The largest absolute Gasteiger partial charge is 0.457 e. The number of esters is 1. The van der Waals surface area contributed by atoms with Gasteiger partial charge in [-0.2, -0.15) is 0 Å². The van der Waals surface area contributed by atoms with E-state index in [1.807, 2.05) is 0 Å². The summed E-state index contributed by atoms with van der Waals surface area (Å²) in [5.74, 6) is -0.343. The van der Waals surface area contributed by atoms with Crippen LogP contribution in [0, 0.1) is 0 Å². The number of hydrogen-bond donors (Lipinski definition) is 4. The van der Waals surface area contributed by atoms with Crippen LogP contribution < -0.4 is 0 Å². The van der Waals surface area contributed by atoms with Crippen molar-refractivity contribution in [2.24, 2.45) is 0 Å². The Kier molecular flexibility index (Phi) is 33.4. The average Bonchev–Trinajstić information content (AvgIpc) is 3.17. The van der Waals surface area contributed by atoms with E-state index in [0.29, 0.717) is 13.0 Å². The molecule has 1 rings (SSSR count). The third-order valence-electron chi connectivity index (χ3n) is 9.11. The molecule has 4 N–H and O–H groups in total. The van der Waals surface area contributed by atoms with E-state index in [4.69, 9.17) is 18.9 Å². The summed E-state index contributed by atoms with van der Waals surface area (Å²) in [6, 6.07) is 0. The van der Waals surface area contributed by atoms with Crippen LogP contribution in [0.25, 0.3) is 0 Å². The molecule has 9 heteroatoms. The summed E-state index contributed by atoms with van der Waals surface area (Å²) in [5, 5.41) is 40.0. The minimum Gasteiger partial charge on any atom is -0.457 e. The molecule has 310 valence electrons. The van der Waals surface area contributed by atoms with Crippen molar-refractivity contribution < 1.29 is 44.2 Å². The van der Waals surface area contributed by atoms with E-state index in [1.54, 1.807) is 0 Å². The number of allylic oxidation sites excluding steroid dienone is 12. The second kappa shape index (κ2) is 36.3. The Morgan fingerprint density at radius 2 is 1.13 bits per heavy atom. The van der Waals surface area contributed by atoms with E-state index in [2.05, 4.69) is 86.8 Å².